The zero-order valence-corrected chi connectivity index (χ0v) is 14.4. The third-order valence-corrected chi connectivity index (χ3v) is 4.24. The molecule has 8 heteroatoms. The van der Waals surface area contributed by atoms with E-state index in [1.807, 2.05) is 12.1 Å². The van der Waals surface area contributed by atoms with Crippen LogP contribution in [0.1, 0.15) is 6.42 Å². The van der Waals surface area contributed by atoms with Gasteiger partial charge < -0.3 is 10.1 Å². The number of ether oxygens (including phenoxy) is 1. The molecule has 0 radical (unpaired) electrons. The van der Waals surface area contributed by atoms with Crippen molar-refractivity contribution in [2.24, 2.45) is 4.99 Å². The summed E-state index contributed by atoms with van der Waals surface area (Å²) in [5.41, 5.74) is 0. The Hall–Kier alpha value is -0.920. The highest BCUT2D eigenvalue weighted by Crippen LogP contribution is 2.27. The minimum Gasteiger partial charge on any atom is -0.492 e. The Morgan fingerprint density at radius 1 is 1.52 bits per heavy atom. The average molecular weight is 393 g/mol. The molecule has 0 bridgehead atoms. The number of amidine groups is 1. The van der Waals surface area contributed by atoms with Gasteiger partial charge in [0.05, 0.1) is 18.2 Å². The first-order valence-corrected chi connectivity index (χ1v) is 8.61. The van der Waals surface area contributed by atoms with Crippen LogP contribution in [0, 0.1) is 0 Å². The van der Waals surface area contributed by atoms with E-state index >= 15 is 0 Å². The number of urea groups is 1. The van der Waals surface area contributed by atoms with Crippen molar-refractivity contribution < 1.29 is 9.53 Å². The number of halogens is 2. The molecule has 1 aliphatic rings. The van der Waals surface area contributed by atoms with Crippen molar-refractivity contribution in [3.8, 4) is 5.75 Å². The molecule has 0 spiro atoms. The number of amides is 2. The summed E-state index contributed by atoms with van der Waals surface area (Å²) in [7, 11) is 0. The molecule has 114 valence electrons. The Labute approximate surface area is 141 Å². The van der Waals surface area contributed by atoms with E-state index in [4.69, 9.17) is 16.3 Å². The van der Waals surface area contributed by atoms with Crippen LogP contribution >= 0.6 is 39.3 Å². The summed E-state index contributed by atoms with van der Waals surface area (Å²) in [5, 5.41) is 6.70. The van der Waals surface area contributed by atoms with Crippen molar-refractivity contribution in [1.82, 2.24) is 10.6 Å². The number of hydrogen-bond acceptors (Lipinski definition) is 4. The molecule has 1 heterocycles. The first-order valence-electron chi connectivity index (χ1n) is 6.45. The highest BCUT2D eigenvalue weighted by atomic mass is 79.9. The van der Waals surface area contributed by atoms with Crippen LogP contribution in [0.3, 0.4) is 0 Å². The molecular weight excluding hydrogens is 378 g/mol. The van der Waals surface area contributed by atoms with Crippen LogP contribution in [0.25, 0.3) is 0 Å². The molecule has 1 aromatic rings. The summed E-state index contributed by atoms with van der Waals surface area (Å²) >= 11 is 10.9. The van der Waals surface area contributed by atoms with Gasteiger partial charge in [0.25, 0.3) is 0 Å². The summed E-state index contributed by atoms with van der Waals surface area (Å²) in [6, 6.07) is 5.22. The minimum absolute atomic E-state index is 0.232. The molecule has 21 heavy (non-hydrogen) atoms. The molecule has 5 nitrogen and oxygen atoms in total. The predicted molar refractivity (Wildman–Crippen MR) is 90.6 cm³/mol. The lowest BCUT2D eigenvalue weighted by molar-refractivity contribution is 0.243. The summed E-state index contributed by atoms with van der Waals surface area (Å²) in [4.78, 5) is 15.7. The number of nitrogens with one attached hydrogen (secondary N) is 2. The van der Waals surface area contributed by atoms with E-state index in [0.29, 0.717) is 35.5 Å². The zero-order valence-electron chi connectivity index (χ0n) is 11.2. The first-order chi connectivity index (χ1) is 10.1. The van der Waals surface area contributed by atoms with Crippen LogP contribution in [-0.2, 0) is 0 Å². The van der Waals surface area contributed by atoms with Crippen molar-refractivity contribution in [1.29, 1.82) is 0 Å². The van der Waals surface area contributed by atoms with Crippen LogP contribution < -0.4 is 15.4 Å². The van der Waals surface area contributed by atoms with E-state index in [9.17, 15) is 4.79 Å². The second kappa shape index (κ2) is 8.51. The molecular formula is C13H15BrClN3O2S. The van der Waals surface area contributed by atoms with Crippen LogP contribution in [0.5, 0.6) is 5.75 Å². The molecule has 1 aliphatic heterocycles. The van der Waals surface area contributed by atoms with Crippen LogP contribution in [-0.4, -0.2) is 36.6 Å². The lowest BCUT2D eigenvalue weighted by atomic mass is 10.3. The summed E-state index contributed by atoms with van der Waals surface area (Å²) in [6.07, 6.45) is 0.694. The Kier molecular flexibility index (Phi) is 6.66. The minimum atomic E-state index is -0.232. The van der Waals surface area contributed by atoms with Crippen molar-refractivity contribution in [3.05, 3.63) is 27.7 Å². The maximum atomic E-state index is 11.5. The lowest BCUT2D eigenvalue weighted by Crippen LogP contribution is -2.38. The van der Waals surface area contributed by atoms with E-state index in [0.717, 1.165) is 16.8 Å². The van der Waals surface area contributed by atoms with Gasteiger partial charge in [-0.3, -0.25) is 10.3 Å². The lowest BCUT2D eigenvalue weighted by Gasteiger charge is -2.09. The van der Waals surface area contributed by atoms with Gasteiger partial charge >= 0.3 is 6.03 Å². The van der Waals surface area contributed by atoms with Crippen LogP contribution in [0.4, 0.5) is 4.79 Å². The monoisotopic (exact) mass is 391 g/mol. The van der Waals surface area contributed by atoms with E-state index < -0.39 is 0 Å². The van der Waals surface area contributed by atoms with E-state index in [1.165, 1.54) is 0 Å². The number of rotatable bonds is 5. The number of carbonyl (C=O) groups is 1. The van der Waals surface area contributed by atoms with Crippen molar-refractivity contribution in [2.75, 3.05) is 25.4 Å². The molecule has 0 saturated heterocycles. The average Bonchev–Trinajstić information content (AvgIpc) is 2.93. The third-order valence-electron chi connectivity index (χ3n) is 2.56. The highest BCUT2D eigenvalue weighted by molar-refractivity contribution is 9.10. The largest absolute Gasteiger partial charge is 0.492 e. The van der Waals surface area contributed by atoms with Gasteiger partial charge in [-0.05, 0) is 24.6 Å². The summed E-state index contributed by atoms with van der Waals surface area (Å²) < 4.78 is 6.46. The third kappa shape index (κ3) is 5.76. The highest BCUT2D eigenvalue weighted by Gasteiger charge is 2.09. The Bertz CT molecular complexity index is 542. The molecule has 2 N–H and O–H groups in total. The predicted octanol–water partition coefficient (Wildman–Crippen LogP) is 3.27. The van der Waals surface area contributed by atoms with Crippen LogP contribution in [0.15, 0.2) is 27.7 Å². The summed E-state index contributed by atoms with van der Waals surface area (Å²) in [5.74, 6) is 1.57. The molecule has 2 amide bonds. The van der Waals surface area contributed by atoms with Gasteiger partial charge in [0.1, 0.15) is 5.75 Å². The van der Waals surface area contributed by atoms with Gasteiger partial charge in [-0.1, -0.05) is 39.3 Å². The van der Waals surface area contributed by atoms with Crippen molar-refractivity contribution >= 4 is 50.5 Å². The SMILES string of the molecule is O=C(NCCCOc1ccc(Br)cc1Cl)NC1=NCCS1. The number of carbonyl (C=O) groups excluding carboxylic acids is 1. The number of nitrogens with zero attached hydrogens (tertiary/aromatic N) is 1. The zero-order chi connectivity index (χ0) is 15.1. The van der Waals surface area contributed by atoms with Gasteiger partial charge in [0.2, 0.25) is 0 Å². The maximum absolute atomic E-state index is 11.5. The van der Waals surface area contributed by atoms with Gasteiger partial charge in [-0.25, -0.2) is 4.79 Å². The maximum Gasteiger partial charge on any atom is 0.320 e. The van der Waals surface area contributed by atoms with Gasteiger partial charge in [-0.2, -0.15) is 0 Å². The van der Waals surface area contributed by atoms with Gasteiger partial charge in [0, 0.05) is 16.8 Å². The number of hydrogen-bond donors (Lipinski definition) is 2. The van der Waals surface area contributed by atoms with Gasteiger partial charge in [-0.15, -0.1) is 0 Å². The normalized spacial score (nSPS) is 13.7. The van der Waals surface area contributed by atoms with Crippen molar-refractivity contribution in [3.63, 3.8) is 0 Å². The Morgan fingerprint density at radius 2 is 2.38 bits per heavy atom. The molecule has 2 rings (SSSR count). The van der Waals surface area contributed by atoms with E-state index in [1.54, 1.807) is 17.8 Å². The number of aliphatic imine (C=N–C) groups is 1. The number of benzene rings is 1. The second-order valence-corrected chi connectivity index (χ2v) is 6.60. The fraction of sp³-hybridized carbons (Fsp3) is 0.385. The summed E-state index contributed by atoms with van der Waals surface area (Å²) in [6.45, 7) is 1.78. The van der Waals surface area contributed by atoms with Crippen LogP contribution in [0.2, 0.25) is 5.02 Å². The topological polar surface area (TPSA) is 62.7 Å². The Morgan fingerprint density at radius 3 is 3.10 bits per heavy atom. The molecule has 0 aliphatic carbocycles. The van der Waals surface area contributed by atoms with E-state index in [-0.39, 0.29) is 6.03 Å². The fourth-order valence-corrected chi connectivity index (χ4v) is 3.05. The Balaban J connectivity index is 1.60. The standard InChI is InChI=1S/C13H15BrClN3O2S/c14-9-2-3-11(10(15)8-9)20-6-1-4-16-12(19)18-13-17-5-7-21-13/h2-3,8H,1,4-7H2,(H2,16,17,18,19). The van der Waals surface area contributed by atoms with E-state index in [2.05, 4.69) is 31.6 Å². The van der Waals surface area contributed by atoms with Crippen molar-refractivity contribution in [2.45, 2.75) is 6.42 Å². The molecule has 0 aromatic heterocycles. The first kappa shape index (κ1) is 16.5. The fourth-order valence-electron chi connectivity index (χ4n) is 1.60. The molecule has 0 saturated carbocycles. The van der Waals surface area contributed by atoms with Gasteiger partial charge in [0.15, 0.2) is 5.17 Å². The number of thioether (sulfide) groups is 1. The quantitative estimate of drug-likeness (QED) is 0.756. The molecule has 0 atom stereocenters. The second-order valence-electron chi connectivity index (χ2n) is 4.19. The molecule has 0 fully saturated rings. The molecule has 1 aromatic carbocycles. The smallest absolute Gasteiger partial charge is 0.320 e. The molecule has 0 unspecified atom stereocenters.